The predicted molar refractivity (Wildman–Crippen MR) is 127 cm³/mol. The Morgan fingerprint density at radius 3 is 2.94 bits per heavy atom. The number of hydrogen-bond acceptors (Lipinski definition) is 5. The molecule has 6 nitrogen and oxygen atoms in total. The lowest BCUT2D eigenvalue weighted by Crippen LogP contribution is -2.44. The third-order valence-electron chi connectivity index (χ3n) is 8.25. The van der Waals surface area contributed by atoms with Crippen molar-refractivity contribution in [2.24, 2.45) is 28.3 Å². The molecule has 0 aromatic heterocycles. The van der Waals surface area contributed by atoms with E-state index in [0.717, 1.165) is 50.5 Å². The zero-order valence-corrected chi connectivity index (χ0v) is 18.8. The Morgan fingerprint density at radius 1 is 1.34 bits per heavy atom. The molecule has 2 saturated carbocycles. The van der Waals surface area contributed by atoms with Gasteiger partial charge in [-0.25, -0.2) is 0 Å². The molecule has 170 valence electrons. The zero-order valence-electron chi connectivity index (χ0n) is 18.8. The lowest BCUT2D eigenvalue weighted by Gasteiger charge is -2.50. The number of carbonyl (C=O) groups is 1. The highest BCUT2D eigenvalue weighted by Crippen LogP contribution is 2.62. The Bertz CT molecular complexity index is 953. The molecule has 0 heterocycles. The van der Waals surface area contributed by atoms with E-state index < -0.39 is 0 Å². The predicted octanol–water partition coefficient (Wildman–Crippen LogP) is 5.07. The number of carbonyl (C=O) groups excluding carboxylic acids is 1. The Balaban J connectivity index is 1.45. The average molecular weight is 435 g/mol. The summed E-state index contributed by atoms with van der Waals surface area (Å²) in [5.74, 6) is 1.95. The molecule has 0 spiro atoms. The average Bonchev–Trinajstić information content (AvgIpc) is 3.09. The summed E-state index contributed by atoms with van der Waals surface area (Å²) in [6.07, 6.45) is 11.3. The van der Waals surface area contributed by atoms with Gasteiger partial charge in [-0.1, -0.05) is 36.3 Å². The maximum atomic E-state index is 12.2. The summed E-state index contributed by atoms with van der Waals surface area (Å²) in [6.45, 7) is 2.30. The van der Waals surface area contributed by atoms with Gasteiger partial charge in [0.2, 0.25) is 5.91 Å². The van der Waals surface area contributed by atoms with Gasteiger partial charge in [0.25, 0.3) is 0 Å². The molecule has 4 N–H and O–H groups in total. The molecule has 4 rings (SSSR count). The van der Waals surface area contributed by atoms with Gasteiger partial charge in [0.05, 0.1) is 5.71 Å². The molecule has 3 unspecified atom stereocenters. The van der Waals surface area contributed by atoms with Crippen LogP contribution in [0.25, 0.3) is 0 Å². The van der Waals surface area contributed by atoms with E-state index in [0.29, 0.717) is 30.1 Å². The van der Waals surface area contributed by atoms with Crippen LogP contribution in [0.4, 0.5) is 0 Å². The number of rotatable bonds is 6. The number of fused-ring (bicyclic) bond motifs is 5. The number of nitrogens with one attached hydrogen (secondary N) is 3. The topological polar surface area (TPSA) is 109 Å². The number of nitrogens with zero attached hydrogens (tertiary/aromatic N) is 1. The molecular weight excluding hydrogens is 400 g/mol. The number of benzene rings is 1. The summed E-state index contributed by atoms with van der Waals surface area (Å²) in [6, 6.07) is 8.90. The van der Waals surface area contributed by atoms with Crippen molar-refractivity contribution in [3.63, 3.8) is 0 Å². The van der Waals surface area contributed by atoms with Crippen LogP contribution in [-0.4, -0.2) is 28.9 Å². The highest BCUT2D eigenvalue weighted by Gasteiger charge is 2.57. The first-order valence-corrected chi connectivity index (χ1v) is 11.8. The second-order valence-corrected chi connectivity index (χ2v) is 9.88. The standard InChI is InChI=1S/C26H34N4O2/c1-26-14-13-20-19-8-3-2-6-17(19)11-12-21(20)25(26)18(16-22(26)30-32)7-4-10-24(31)29-23(28)9-5-15-27/h2-3,5-6,8-9,15,18,20-21,25,27,32H,4,7,10-14,16H2,1H3,(H2,28,29,31)/b9-5-,27-15?,30-22+/t18-,20?,21?,25?,26-/m1/s1. The lowest BCUT2D eigenvalue weighted by molar-refractivity contribution is -0.119. The van der Waals surface area contributed by atoms with Crippen molar-refractivity contribution in [2.45, 2.75) is 64.2 Å². The zero-order chi connectivity index (χ0) is 22.7. The molecule has 1 aromatic rings. The molecular formula is C26H34N4O2. The number of hydrogen-bond donors (Lipinski definition) is 4. The first kappa shape index (κ1) is 22.4. The van der Waals surface area contributed by atoms with Crippen LogP contribution < -0.4 is 5.32 Å². The third-order valence-corrected chi connectivity index (χ3v) is 8.25. The summed E-state index contributed by atoms with van der Waals surface area (Å²) >= 11 is 0. The highest BCUT2D eigenvalue weighted by atomic mass is 16.4. The number of amides is 1. The van der Waals surface area contributed by atoms with Crippen LogP contribution in [0.5, 0.6) is 0 Å². The third kappa shape index (κ3) is 4.15. The van der Waals surface area contributed by atoms with Crippen LogP contribution in [0, 0.1) is 34.0 Å². The van der Waals surface area contributed by atoms with Gasteiger partial charge in [-0.05, 0) is 91.9 Å². The van der Waals surface area contributed by atoms with Crippen molar-refractivity contribution < 1.29 is 10.0 Å². The smallest absolute Gasteiger partial charge is 0.225 e. The molecule has 5 atom stereocenters. The van der Waals surface area contributed by atoms with Crippen molar-refractivity contribution in [2.75, 3.05) is 0 Å². The summed E-state index contributed by atoms with van der Waals surface area (Å²) in [5.41, 5.74) is 3.93. The highest BCUT2D eigenvalue weighted by molar-refractivity contribution is 6.03. The van der Waals surface area contributed by atoms with E-state index in [2.05, 4.69) is 41.7 Å². The van der Waals surface area contributed by atoms with Crippen LogP contribution >= 0.6 is 0 Å². The van der Waals surface area contributed by atoms with Crippen LogP contribution in [-0.2, 0) is 11.2 Å². The second kappa shape index (κ2) is 9.39. The first-order chi connectivity index (χ1) is 15.5. The van der Waals surface area contributed by atoms with E-state index in [1.165, 1.54) is 29.7 Å². The fourth-order valence-corrected chi connectivity index (χ4v) is 6.95. The summed E-state index contributed by atoms with van der Waals surface area (Å²) in [4.78, 5) is 12.2. The van der Waals surface area contributed by atoms with E-state index in [-0.39, 0.29) is 17.2 Å². The fourth-order valence-electron chi connectivity index (χ4n) is 6.95. The Hall–Kier alpha value is -2.76. The summed E-state index contributed by atoms with van der Waals surface area (Å²) < 4.78 is 0. The largest absolute Gasteiger partial charge is 0.411 e. The molecule has 3 aliphatic carbocycles. The second-order valence-electron chi connectivity index (χ2n) is 9.88. The van der Waals surface area contributed by atoms with Crippen LogP contribution in [0.3, 0.4) is 0 Å². The normalized spacial score (nSPS) is 32.2. The maximum absolute atomic E-state index is 12.2. The minimum absolute atomic E-state index is 0.0117. The van der Waals surface area contributed by atoms with Crippen molar-refractivity contribution in [1.29, 1.82) is 10.8 Å². The minimum atomic E-state index is -0.158. The molecule has 0 radical (unpaired) electrons. The molecule has 6 heteroatoms. The Kier molecular flexibility index (Phi) is 6.58. The molecule has 1 amide bonds. The summed E-state index contributed by atoms with van der Waals surface area (Å²) in [5, 5.41) is 30.8. The number of amidine groups is 1. The molecule has 0 aliphatic heterocycles. The first-order valence-electron chi connectivity index (χ1n) is 11.8. The van der Waals surface area contributed by atoms with Gasteiger partial charge in [0.1, 0.15) is 5.84 Å². The van der Waals surface area contributed by atoms with Gasteiger partial charge < -0.3 is 15.9 Å². The van der Waals surface area contributed by atoms with Crippen LogP contribution in [0.1, 0.15) is 68.9 Å². The number of oxime groups is 1. The van der Waals surface area contributed by atoms with Crippen LogP contribution in [0.15, 0.2) is 41.6 Å². The van der Waals surface area contributed by atoms with Gasteiger partial charge in [-0.2, -0.15) is 0 Å². The van der Waals surface area contributed by atoms with E-state index in [9.17, 15) is 10.0 Å². The van der Waals surface area contributed by atoms with Crippen molar-refractivity contribution in [3.05, 3.63) is 47.5 Å². The fraction of sp³-hybridized carbons (Fsp3) is 0.538. The van der Waals surface area contributed by atoms with Crippen molar-refractivity contribution >= 4 is 23.7 Å². The quantitative estimate of drug-likeness (QED) is 0.217. The van der Waals surface area contributed by atoms with Crippen molar-refractivity contribution in [3.8, 4) is 0 Å². The monoisotopic (exact) mass is 434 g/mol. The summed E-state index contributed by atoms with van der Waals surface area (Å²) in [7, 11) is 0. The molecule has 1 aromatic carbocycles. The molecule has 0 bridgehead atoms. The number of allylic oxidation sites excluding steroid dienone is 1. The van der Waals surface area contributed by atoms with Gasteiger partial charge in [0.15, 0.2) is 0 Å². The van der Waals surface area contributed by atoms with Crippen LogP contribution in [0.2, 0.25) is 0 Å². The Labute approximate surface area is 190 Å². The van der Waals surface area contributed by atoms with E-state index in [4.69, 9.17) is 10.8 Å². The van der Waals surface area contributed by atoms with Gasteiger partial charge in [-0.3, -0.25) is 10.2 Å². The lowest BCUT2D eigenvalue weighted by atomic mass is 9.54. The molecule has 3 aliphatic rings. The minimum Gasteiger partial charge on any atom is -0.411 e. The van der Waals surface area contributed by atoms with Crippen molar-refractivity contribution in [1.82, 2.24) is 5.32 Å². The molecule has 2 fully saturated rings. The molecule has 32 heavy (non-hydrogen) atoms. The number of aryl methyl sites for hydroxylation is 1. The van der Waals surface area contributed by atoms with Gasteiger partial charge >= 0.3 is 0 Å². The SMILES string of the molecule is C[C@]12CCC3c4ccccc4CCC3C1[C@H](CCCC(=O)NC(=N)/C=C\C=N)C/C2=N\O. The van der Waals surface area contributed by atoms with Gasteiger partial charge in [-0.15, -0.1) is 0 Å². The van der Waals surface area contributed by atoms with E-state index in [1.807, 2.05) is 0 Å². The van der Waals surface area contributed by atoms with Gasteiger partial charge in [0, 0.05) is 18.1 Å². The maximum Gasteiger partial charge on any atom is 0.225 e. The van der Waals surface area contributed by atoms with E-state index in [1.54, 1.807) is 0 Å². The van der Waals surface area contributed by atoms with E-state index >= 15 is 0 Å². The Morgan fingerprint density at radius 2 is 2.16 bits per heavy atom. The molecule has 0 saturated heterocycles.